The first-order valence-electron chi connectivity index (χ1n) is 15.1. The van der Waals surface area contributed by atoms with Crippen molar-refractivity contribution in [2.75, 3.05) is 9.80 Å². The van der Waals surface area contributed by atoms with E-state index in [-0.39, 0.29) is 5.41 Å². The summed E-state index contributed by atoms with van der Waals surface area (Å²) in [7, 11) is 0. The summed E-state index contributed by atoms with van der Waals surface area (Å²) in [6.45, 7) is 15.6. The molecule has 0 atom stereocenters. The Labute approximate surface area is 253 Å². The molecule has 5 aromatic carbocycles. The van der Waals surface area contributed by atoms with Crippen molar-refractivity contribution in [3.05, 3.63) is 144 Å². The maximum absolute atomic E-state index is 2.36. The fourth-order valence-corrected chi connectivity index (χ4v) is 5.40. The molecule has 2 nitrogen and oxygen atoms in total. The van der Waals surface area contributed by atoms with E-state index >= 15 is 0 Å². The number of rotatable bonds is 8. The molecule has 0 bridgehead atoms. The first-order chi connectivity index (χ1) is 20.1. The highest BCUT2D eigenvalue weighted by atomic mass is 15.2. The molecule has 0 aliphatic carbocycles. The lowest BCUT2D eigenvalue weighted by Crippen LogP contribution is -2.14. The van der Waals surface area contributed by atoms with Crippen molar-refractivity contribution in [3.63, 3.8) is 0 Å². The maximum Gasteiger partial charge on any atom is 0.0463 e. The van der Waals surface area contributed by atoms with Gasteiger partial charge in [0, 0.05) is 34.1 Å². The minimum absolute atomic E-state index is 0.110. The number of nitrogens with zero attached hydrogens (tertiary/aromatic N) is 2. The van der Waals surface area contributed by atoms with E-state index in [1.54, 1.807) is 0 Å². The minimum atomic E-state index is 0.110. The Balaban J connectivity index is 1.56. The number of aryl methyl sites for hydroxylation is 2. The molecular formula is C40H44N2. The van der Waals surface area contributed by atoms with Gasteiger partial charge in [0.2, 0.25) is 0 Å². The van der Waals surface area contributed by atoms with Crippen molar-refractivity contribution < 1.29 is 0 Å². The Morgan fingerprint density at radius 3 is 1.05 bits per heavy atom. The monoisotopic (exact) mass is 552 g/mol. The molecule has 214 valence electrons. The number of benzene rings is 5. The minimum Gasteiger partial charge on any atom is -0.311 e. The molecule has 0 saturated heterocycles. The van der Waals surface area contributed by atoms with E-state index in [0.717, 1.165) is 40.5 Å². The molecule has 5 aromatic rings. The summed E-state index contributed by atoms with van der Waals surface area (Å²) in [5.41, 5.74) is 12.2. The highest BCUT2D eigenvalue weighted by molar-refractivity contribution is 5.81. The Kier molecular flexibility index (Phi) is 8.54. The zero-order valence-electron chi connectivity index (χ0n) is 26.2. The summed E-state index contributed by atoms with van der Waals surface area (Å²) < 4.78 is 0. The summed E-state index contributed by atoms with van der Waals surface area (Å²) in [5.74, 6) is 0.634. The molecule has 42 heavy (non-hydrogen) atoms. The molecule has 0 aliphatic rings. The van der Waals surface area contributed by atoms with Crippen LogP contribution >= 0.6 is 0 Å². The van der Waals surface area contributed by atoms with E-state index in [1.807, 2.05) is 0 Å². The van der Waals surface area contributed by atoms with Crippen molar-refractivity contribution in [2.24, 2.45) is 5.92 Å². The van der Waals surface area contributed by atoms with Crippen molar-refractivity contribution in [1.82, 2.24) is 0 Å². The molecule has 0 aromatic heterocycles. The second-order valence-corrected chi connectivity index (χ2v) is 12.9. The summed E-state index contributed by atoms with van der Waals surface area (Å²) >= 11 is 0. The molecule has 0 aliphatic heterocycles. The van der Waals surface area contributed by atoms with Crippen LogP contribution in [0.1, 0.15) is 56.9 Å². The summed E-state index contributed by atoms with van der Waals surface area (Å²) in [5, 5.41) is 0. The van der Waals surface area contributed by atoms with E-state index in [0.29, 0.717) is 5.92 Å². The van der Waals surface area contributed by atoms with Gasteiger partial charge in [-0.2, -0.15) is 0 Å². The van der Waals surface area contributed by atoms with Gasteiger partial charge >= 0.3 is 0 Å². The highest BCUT2D eigenvalue weighted by Crippen LogP contribution is 2.39. The molecule has 0 unspecified atom stereocenters. The second kappa shape index (κ2) is 12.3. The standard InChI is InChI=1S/C40H44N2/c1-29(2)28-32-12-20-36(21-13-32)42(37-22-14-33(15-23-37)40(5,6)7)39-26-24-38(25-27-39)41(34-16-8-30(3)9-17-34)35-18-10-31(4)11-19-35/h8-27,29H,28H2,1-7H3. The predicted molar refractivity (Wildman–Crippen MR) is 183 cm³/mol. The first kappa shape index (κ1) is 29.2. The van der Waals surface area contributed by atoms with E-state index in [4.69, 9.17) is 0 Å². The van der Waals surface area contributed by atoms with Gasteiger partial charge < -0.3 is 9.80 Å². The van der Waals surface area contributed by atoms with Crippen LogP contribution in [0.15, 0.2) is 121 Å². The van der Waals surface area contributed by atoms with Crippen LogP contribution < -0.4 is 9.80 Å². The van der Waals surface area contributed by atoms with E-state index < -0.39 is 0 Å². The Bertz CT molecular complexity index is 1520. The lowest BCUT2D eigenvalue weighted by atomic mass is 9.87. The van der Waals surface area contributed by atoms with Crippen molar-refractivity contribution >= 4 is 34.1 Å². The lowest BCUT2D eigenvalue weighted by Gasteiger charge is -2.29. The molecule has 5 rings (SSSR count). The van der Waals surface area contributed by atoms with E-state index in [9.17, 15) is 0 Å². The maximum atomic E-state index is 2.36. The normalized spacial score (nSPS) is 11.5. The molecular weight excluding hydrogens is 508 g/mol. The third-order valence-electron chi connectivity index (χ3n) is 7.78. The van der Waals surface area contributed by atoms with Gasteiger partial charge in [0.1, 0.15) is 0 Å². The SMILES string of the molecule is Cc1ccc(N(c2ccc(C)cc2)c2ccc(N(c3ccc(CC(C)C)cc3)c3ccc(C(C)(C)C)cc3)cc2)cc1. The Hall–Kier alpha value is -4.30. The van der Waals surface area contributed by atoms with Crippen LogP contribution in [0, 0.1) is 19.8 Å². The van der Waals surface area contributed by atoms with Crippen LogP contribution in [0.25, 0.3) is 0 Å². The fraction of sp³-hybridized carbons (Fsp3) is 0.250. The highest BCUT2D eigenvalue weighted by Gasteiger charge is 2.18. The van der Waals surface area contributed by atoms with Crippen LogP contribution in [0.2, 0.25) is 0 Å². The molecule has 0 N–H and O–H groups in total. The van der Waals surface area contributed by atoms with Gasteiger partial charge in [-0.3, -0.25) is 0 Å². The lowest BCUT2D eigenvalue weighted by molar-refractivity contribution is 0.590. The average molecular weight is 553 g/mol. The van der Waals surface area contributed by atoms with Crippen molar-refractivity contribution in [2.45, 2.75) is 60.3 Å². The number of hydrogen-bond acceptors (Lipinski definition) is 2. The van der Waals surface area contributed by atoms with Crippen LogP contribution in [0.3, 0.4) is 0 Å². The van der Waals surface area contributed by atoms with E-state index in [1.165, 1.54) is 22.3 Å². The molecule has 0 heterocycles. The van der Waals surface area contributed by atoms with Crippen LogP contribution in [0.5, 0.6) is 0 Å². The Morgan fingerprint density at radius 2 is 0.738 bits per heavy atom. The van der Waals surface area contributed by atoms with Gasteiger partial charge in [0.25, 0.3) is 0 Å². The van der Waals surface area contributed by atoms with Gasteiger partial charge in [-0.05, 0) is 116 Å². The number of anilines is 6. The first-order valence-corrected chi connectivity index (χ1v) is 15.1. The molecule has 2 heteroatoms. The van der Waals surface area contributed by atoms with Gasteiger partial charge in [-0.1, -0.05) is 94.3 Å². The third-order valence-corrected chi connectivity index (χ3v) is 7.78. The van der Waals surface area contributed by atoms with Gasteiger partial charge in [0.05, 0.1) is 0 Å². The third kappa shape index (κ3) is 6.77. The van der Waals surface area contributed by atoms with Crippen molar-refractivity contribution in [1.29, 1.82) is 0 Å². The van der Waals surface area contributed by atoms with Crippen LogP contribution in [0.4, 0.5) is 34.1 Å². The molecule has 0 amide bonds. The quantitative estimate of drug-likeness (QED) is 0.189. The topological polar surface area (TPSA) is 6.48 Å². The largest absolute Gasteiger partial charge is 0.311 e. The van der Waals surface area contributed by atoms with Gasteiger partial charge in [-0.25, -0.2) is 0 Å². The molecule has 0 radical (unpaired) electrons. The summed E-state index contributed by atoms with van der Waals surface area (Å²) in [6, 6.07) is 44.6. The van der Waals surface area contributed by atoms with Crippen molar-refractivity contribution in [3.8, 4) is 0 Å². The van der Waals surface area contributed by atoms with Gasteiger partial charge in [-0.15, -0.1) is 0 Å². The second-order valence-electron chi connectivity index (χ2n) is 12.9. The zero-order chi connectivity index (χ0) is 29.9. The molecule has 0 spiro atoms. The van der Waals surface area contributed by atoms with Crippen LogP contribution in [-0.4, -0.2) is 0 Å². The average Bonchev–Trinajstić information content (AvgIpc) is 2.96. The predicted octanol–water partition coefficient (Wildman–Crippen LogP) is 11.7. The zero-order valence-corrected chi connectivity index (χ0v) is 26.2. The van der Waals surface area contributed by atoms with Gasteiger partial charge in [0.15, 0.2) is 0 Å². The fourth-order valence-electron chi connectivity index (χ4n) is 5.40. The number of hydrogen-bond donors (Lipinski definition) is 0. The van der Waals surface area contributed by atoms with E-state index in [2.05, 4.69) is 180 Å². The summed E-state index contributed by atoms with van der Waals surface area (Å²) in [4.78, 5) is 4.68. The Morgan fingerprint density at radius 1 is 0.452 bits per heavy atom. The molecule has 0 fully saturated rings. The summed E-state index contributed by atoms with van der Waals surface area (Å²) in [6.07, 6.45) is 1.09. The van der Waals surface area contributed by atoms with Crippen LogP contribution in [-0.2, 0) is 11.8 Å². The smallest absolute Gasteiger partial charge is 0.0463 e. The molecule has 0 saturated carbocycles.